The predicted octanol–water partition coefficient (Wildman–Crippen LogP) is 2.93. The monoisotopic (exact) mass is 687 g/mol. The molecule has 3 aromatic rings. The Hall–Kier alpha value is -5.20. The second kappa shape index (κ2) is 18.0. The van der Waals surface area contributed by atoms with Gasteiger partial charge in [-0.05, 0) is 55.9 Å². The second-order valence-electron chi connectivity index (χ2n) is 13.0. The maximum absolute atomic E-state index is 13.9. The lowest BCUT2D eigenvalue weighted by Gasteiger charge is -2.30. The number of nitrogens with zero attached hydrogens (tertiary/aromatic N) is 3. The number of hydrogen-bond acceptors (Lipinski definition) is 7. The van der Waals surface area contributed by atoms with E-state index in [1.165, 1.54) is 11.9 Å². The fourth-order valence-electron chi connectivity index (χ4n) is 5.89. The quantitative estimate of drug-likeness (QED) is 0.297. The van der Waals surface area contributed by atoms with Crippen LogP contribution in [0.25, 0.3) is 11.4 Å². The van der Waals surface area contributed by atoms with E-state index in [-0.39, 0.29) is 49.6 Å². The maximum atomic E-state index is 13.9. The molecule has 268 valence electrons. The molecule has 4 N–H and O–H groups in total. The smallest absolute Gasteiger partial charge is 0.254 e. The van der Waals surface area contributed by atoms with Crippen LogP contribution < -0.4 is 20.7 Å². The number of amides is 5. The lowest BCUT2D eigenvalue weighted by atomic mass is 10.00. The first kappa shape index (κ1) is 37.6. The highest BCUT2D eigenvalue weighted by atomic mass is 16.5. The van der Waals surface area contributed by atoms with Crippen LogP contribution in [0, 0.1) is 5.92 Å². The van der Waals surface area contributed by atoms with Crippen molar-refractivity contribution in [2.24, 2.45) is 5.92 Å². The van der Waals surface area contributed by atoms with Gasteiger partial charge in [-0.1, -0.05) is 44.2 Å². The number of carbonyl (C=O) groups is 5. The van der Waals surface area contributed by atoms with Crippen molar-refractivity contribution >= 4 is 29.5 Å². The van der Waals surface area contributed by atoms with E-state index in [9.17, 15) is 24.0 Å². The van der Waals surface area contributed by atoms with E-state index in [2.05, 4.69) is 25.9 Å². The average molecular weight is 688 g/mol. The number of hydrogen-bond donors (Lipinski definition) is 4. The number of benzene rings is 2. The van der Waals surface area contributed by atoms with Gasteiger partial charge in [-0.2, -0.15) is 0 Å². The SMILES string of the molecule is COc1ccc(C[C@@H]2NC(=O)[C@@H](CC(C)C)NC(=O)CCCN(C(=O)c3ccccc3-c3ncc[nH]3)CCCNC(=O)[C@H](C)N(C)C2=O)cc1. The topological polar surface area (TPSA) is 166 Å². The van der Waals surface area contributed by atoms with Crippen LogP contribution in [0.4, 0.5) is 0 Å². The summed E-state index contributed by atoms with van der Waals surface area (Å²) in [5.41, 5.74) is 1.90. The van der Waals surface area contributed by atoms with E-state index in [1.54, 1.807) is 55.6 Å². The third-order valence-electron chi connectivity index (χ3n) is 8.81. The van der Waals surface area contributed by atoms with Crippen LogP contribution in [-0.4, -0.2) is 101 Å². The van der Waals surface area contributed by atoms with Crippen molar-refractivity contribution in [2.45, 2.75) is 71.0 Å². The van der Waals surface area contributed by atoms with Crippen LogP contribution in [0.2, 0.25) is 0 Å². The van der Waals surface area contributed by atoms with Crippen molar-refractivity contribution in [2.75, 3.05) is 33.8 Å². The third kappa shape index (κ3) is 10.2. The second-order valence-corrected chi connectivity index (χ2v) is 13.0. The van der Waals surface area contributed by atoms with E-state index >= 15 is 0 Å². The highest BCUT2D eigenvalue weighted by Crippen LogP contribution is 2.22. The minimum Gasteiger partial charge on any atom is -0.497 e. The molecule has 0 aliphatic carbocycles. The van der Waals surface area contributed by atoms with E-state index in [0.29, 0.717) is 48.5 Å². The third-order valence-corrected chi connectivity index (χ3v) is 8.81. The molecule has 5 amide bonds. The molecule has 50 heavy (non-hydrogen) atoms. The number of methoxy groups -OCH3 is 1. The number of likely N-dealkylation sites (N-methyl/N-ethyl adjacent to an activating group) is 1. The first-order chi connectivity index (χ1) is 24.0. The van der Waals surface area contributed by atoms with Crippen LogP contribution in [0.15, 0.2) is 60.9 Å². The summed E-state index contributed by atoms with van der Waals surface area (Å²) < 4.78 is 5.26. The summed E-state index contributed by atoms with van der Waals surface area (Å²) in [4.78, 5) is 78.4. The molecule has 4 rings (SSSR count). The van der Waals surface area contributed by atoms with Crippen molar-refractivity contribution in [1.29, 1.82) is 0 Å². The normalized spacial score (nSPS) is 20.4. The summed E-state index contributed by atoms with van der Waals surface area (Å²) in [6, 6.07) is 11.6. The Balaban J connectivity index is 1.58. The maximum Gasteiger partial charge on any atom is 0.254 e. The van der Waals surface area contributed by atoms with E-state index in [0.717, 1.165) is 5.56 Å². The molecule has 1 aliphatic heterocycles. The number of rotatable bonds is 7. The van der Waals surface area contributed by atoms with Gasteiger partial charge >= 0.3 is 0 Å². The van der Waals surface area contributed by atoms with Crippen molar-refractivity contribution in [1.82, 2.24) is 35.7 Å². The zero-order chi connectivity index (χ0) is 36.2. The van der Waals surface area contributed by atoms with E-state index in [4.69, 9.17) is 4.74 Å². The molecule has 0 unspecified atom stereocenters. The molecule has 1 fully saturated rings. The van der Waals surface area contributed by atoms with Gasteiger partial charge in [0, 0.05) is 57.5 Å². The Labute approximate surface area is 293 Å². The van der Waals surface area contributed by atoms with Crippen molar-refractivity contribution in [3.05, 3.63) is 72.1 Å². The van der Waals surface area contributed by atoms with Gasteiger partial charge in [0.15, 0.2) is 0 Å². The van der Waals surface area contributed by atoms with Gasteiger partial charge in [0.05, 0.1) is 12.7 Å². The molecule has 0 radical (unpaired) electrons. The van der Waals surface area contributed by atoms with Crippen molar-refractivity contribution in [3.63, 3.8) is 0 Å². The molecule has 3 atom stereocenters. The zero-order valence-electron chi connectivity index (χ0n) is 29.5. The number of aromatic nitrogens is 2. The summed E-state index contributed by atoms with van der Waals surface area (Å²) in [7, 11) is 3.09. The molecule has 1 aliphatic rings. The Morgan fingerprint density at radius 2 is 1.68 bits per heavy atom. The lowest BCUT2D eigenvalue weighted by Crippen LogP contribution is -2.57. The molecule has 13 heteroatoms. The molecule has 0 bridgehead atoms. The van der Waals surface area contributed by atoms with Crippen LogP contribution in [-0.2, 0) is 25.6 Å². The summed E-state index contributed by atoms with van der Waals surface area (Å²) in [6.45, 7) is 6.38. The van der Waals surface area contributed by atoms with Crippen LogP contribution in [0.3, 0.4) is 0 Å². The molecular formula is C37H49N7O6. The molecule has 13 nitrogen and oxygen atoms in total. The van der Waals surface area contributed by atoms with Crippen LogP contribution >= 0.6 is 0 Å². The lowest BCUT2D eigenvalue weighted by molar-refractivity contribution is -0.141. The van der Waals surface area contributed by atoms with Gasteiger partial charge in [-0.3, -0.25) is 24.0 Å². The molecule has 0 spiro atoms. The summed E-state index contributed by atoms with van der Waals surface area (Å²) >= 11 is 0. The fourth-order valence-corrected chi connectivity index (χ4v) is 5.89. The molecular weight excluding hydrogens is 638 g/mol. The first-order valence-electron chi connectivity index (χ1n) is 17.1. The zero-order valence-corrected chi connectivity index (χ0v) is 29.5. The van der Waals surface area contributed by atoms with E-state index < -0.39 is 29.9 Å². The summed E-state index contributed by atoms with van der Waals surface area (Å²) in [6.07, 6.45) is 4.71. The molecule has 2 heterocycles. The number of ether oxygens (including phenoxy) is 1. The van der Waals surface area contributed by atoms with Gasteiger partial charge < -0.3 is 35.5 Å². The Bertz CT molecular complexity index is 1610. The molecule has 1 aromatic heterocycles. The van der Waals surface area contributed by atoms with Gasteiger partial charge in [0.1, 0.15) is 29.7 Å². The Kier molecular flexibility index (Phi) is 13.5. The van der Waals surface area contributed by atoms with Gasteiger partial charge in [-0.15, -0.1) is 0 Å². The standard InChI is InChI=1S/C37H49N7O6/c1-24(2)22-30-35(47)42-31(23-26-13-15-27(50-5)16-14-26)37(49)43(4)25(3)34(46)40-17-9-21-44(20-8-12-32(45)41-30)36(48)29-11-7-6-10-28(29)33-38-18-19-39-33/h6-7,10-11,13-16,18-19,24-25,30-31H,8-9,12,17,20-23H2,1-5H3,(H,38,39)(H,40,46)(H,41,45)(H,42,47)/t25-,30+,31-/m0/s1. The number of H-pyrrole nitrogens is 1. The van der Waals surface area contributed by atoms with Crippen molar-refractivity contribution < 1.29 is 28.7 Å². The number of nitrogens with one attached hydrogen (secondary N) is 4. The minimum absolute atomic E-state index is 0.0633. The highest BCUT2D eigenvalue weighted by Gasteiger charge is 2.32. The number of aromatic amines is 1. The highest BCUT2D eigenvalue weighted by molar-refractivity contribution is 6.00. The first-order valence-corrected chi connectivity index (χ1v) is 17.1. The summed E-state index contributed by atoms with van der Waals surface area (Å²) in [5, 5.41) is 8.64. The molecule has 1 saturated heterocycles. The van der Waals surface area contributed by atoms with Gasteiger partial charge in [0.2, 0.25) is 23.6 Å². The van der Waals surface area contributed by atoms with Gasteiger partial charge in [-0.25, -0.2) is 4.98 Å². The predicted molar refractivity (Wildman–Crippen MR) is 189 cm³/mol. The Morgan fingerprint density at radius 1 is 0.960 bits per heavy atom. The van der Waals surface area contributed by atoms with E-state index in [1.807, 2.05) is 38.1 Å². The van der Waals surface area contributed by atoms with Gasteiger partial charge in [0.25, 0.3) is 5.91 Å². The number of imidazole rings is 1. The summed E-state index contributed by atoms with van der Waals surface area (Å²) in [5.74, 6) is -0.562. The fraction of sp³-hybridized carbons (Fsp3) is 0.459. The molecule has 0 saturated carbocycles. The minimum atomic E-state index is -0.995. The Morgan fingerprint density at radius 3 is 2.36 bits per heavy atom. The number of carbonyl (C=O) groups excluding carboxylic acids is 5. The van der Waals surface area contributed by atoms with Crippen molar-refractivity contribution in [3.8, 4) is 17.1 Å². The largest absolute Gasteiger partial charge is 0.497 e. The van der Waals surface area contributed by atoms with Crippen LogP contribution in [0.5, 0.6) is 5.75 Å². The average Bonchev–Trinajstić information content (AvgIpc) is 3.65. The molecule has 2 aromatic carbocycles. The van der Waals surface area contributed by atoms with Crippen LogP contribution in [0.1, 0.15) is 62.4 Å².